The molecule has 0 radical (unpaired) electrons. The van der Waals surface area contributed by atoms with E-state index < -0.39 is 6.43 Å². The Morgan fingerprint density at radius 2 is 2.27 bits per heavy atom. The second kappa shape index (κ2) is 4.25. The molecule has 3 N–H and O–H groups in total. The van der Waals surface area contributed by atoms with Crippen LogP contribution in [0.25, 0.3) is 0 Å². The highest BCUT2D eigenvalue weighted by atomic mass is 35.5. The van der Waals surface area contributed by atoms with Crippen LogP contribution in [0.5, 0.6) is 0 Å². The van der Waals surface area contributed by atoms with Crippen LogP contribution in [0.2, 0.25) is 0 Å². The molecule has 1 aromatic rings. The van der Waals surface area contributed by atoms with Crippen LogP contribution in [0, 0.1) is 0 Å². The lowest BCUT2D eigenvalue weighted by atomic mass is 10.2. The number of aromatic nitrogens is 2. The average molecular weight is 184 g/mol. The summed E-state index contributed by atoms with van der Waals surface area (Å²) in [5.74, 6) is 0. The number of nitrogens with zero attached hydrogens (tertiary/aromatic N) is 1. The molecule has 6 heteroatoms. The number of rotatable bonds is 2. The molecule has 0 aromatic carbocycles. The minimum Gasteiger partial charge on any atom is -0.326 e. The van der Waals surface area contributed by atoms with Gasteiger partial charge in [-0.3, -0.25) is 5.10 Å². The van der Waals surface area contributed by atoms with Gasteiger partial charge in [-0.15, -0.1) is 12.4 Å². The predicted octanol–water partition coefficient (Wildman–Crippen LogP) is 1.23. The molecule has 0 spiro atoms. The van der Waals surface area contributed by atoms with E-state index in [0.717, 1.165) is 0 Å². The highest BCUT2D eigenvalue weighted by molar-refractivity contribution is 5.85. The fraction of sp³-hybridized carbons (Fsp3) is 0.400. The zero-order chi connectivity index (χ0) is 7.56. The van der Waals surface area contributed by atoms with Gasteiger partial charge in [-0.2, -0.15) is 5.10 Å². The molecular weight excluding hydrogens is 176 g/mol. The molecule has 0 fully saturated rings. The average Bonchev–Trinajstić information content (AvgIpc) is 2.33. The first-order valence-corrected chi connectivity index (χ1v) is 2.76. The van der Waals surface area contributed by atoms with Crippen molar-refractivity contribution >= 4 is 12.4 Å². The Morgan fingerprint density at radius 1 is 1.64 bits per heavy atom. The largest absolute Gasteiger partial charge is 0.326 e. The third-order valence-corrected chi connectivity index (χ3v) is 1.19. The minimum atomic E-state index is -2.51. The maximum Gasteiger partial charge on any atom is 0.280 e. The first-order chi connectivity index (χ1) is 4.75. The van der Waals surface area contributed by atoms with Gasteiger partial charge in [-0.05, 0) is 0 Å². The molecule has 3 nitrogen and oxygen atoms in total. The zero-order valence-electron chi connectivity index (χ0n) is 5.55. The van der Waals surface area contributed by atoms with Crippen molar-refractivity contribution in [3.05, 3.63) is 17.5 Å². The van der Waals surface area contributed by atoms with Gasteiger partial charge < -0.3 is 5.73 Å². The molecule has 0 aliphatic heterocycles. The summed E-state index contributed by atoms with van der Waals surface area (Å²) in [5, 5.41) is 5.61. The monoisotopic (exact) mass is 183 g/mol. The summed E-state index contributed by atoms with van der Waals surface area (Å²) >= 11 is 0. The van der Waals surface area contributed by atoms with Gasteiger partial charge in [0.1, 0.15) is 5.69 Å². The van der Waals surface area contributed by atoms with Crippen molar-refractivity contribution in [3.8, 4) is 0 Å². The van der Waals surface area contributed by atoms with E-state index in [1.54, 1.807) is 0 Å². The summed E-state index contributed by atoms with van der Waals surface area (Å²) in [7, 11) is 0. The zero-order valence-corrected chi connectivity index (χ0v) is 6.37. The van der Waals surface area contributed by atoms with Crippen LogP contribution in [-0.2, 0) is 6.54 Å². The summed E-state index contributed by atoms with van der Waals surface area (Å²) in [4.78, 5) is 0. The van der Waals surface area contributed by atoms with Crippen molar-refractivity contribution in [1.82, 2.24) is 10.2 Å². The third-order valence-electron chi connectivity index (χ3n) is 1.19. The van der Waals surface area contributed by atoms with E-state index >= 15 is 0 Å². The Hall–Kier alpha value is -0.680. The van der Waals surface area contributed by atoms with Gasteiger partial charge in [0.2, 0.25) is 0 Å². The smallest absolute Gasteiger partial charge is 0.280 e. The summed E-state index contributed by atoms with van der Waals surface area (Å²) in [5.41, 5.74) is 5.33. The van der Waals surface area contributed by atoms with Gasteiger partial charge in [0.05, 0.1) is 6.20 Å². The Morgan fingerprint density at radius 3 is 2.64 bits per heavy atom. The fourth-order valence-corrected chi connectivity index (χ4v) is 0.673. The van der Waals surface area contributed by atoms with Crippen molar-refractivity contribution in [2.45, 2.75) is 13.0 Å². The lowest BCUT2D eigenvalue weighted by Gasteiger charge is -1.95. The first-order valence-electron chi connectivity index (χ1n) is 2.76. The van der Waals surface area contributed by atoms with Crippen LogP contribution in [0.15, 0.2) is 6.20 Å². The number of aromatic amines is 1. The topological polar surface area (TPSA) is 54.7 Å². The second-order valence-corrected chi connectivity index (χ2v) is 1.81. The second-order valence-electron chi connectivity index (χ2n) is 1.81. The van der Waals surface area contributed by atoms with E-state index in [4.69, 9.17) is 5.73 Å². The summed E-state index contributed by atoms with van der Waals surface area (Å²) in [6.45, 7) is 0.0934. The van der Waals surface area contributed by atoms with Crippen molar-refractivity contribution in [3.63, 3.8) is 0 Å². The molecule has 11 heavy (non-hydrogen) atoms. The summed E-state index contributed by atoms with van der Waals surface area (Å²) < 4.78 is 23.8. The molecule has 0 atom stereocenters. The van der Waals surface area contributed by atoms with Gasteiger partial charge >= 0.3 is 0 Å². The molecule has 0 unspecified atom stereocenters. The van der Waals surface area contributed by atoms with Gasteiger partial charge in [0.15, 0.2) is 0 Å². The predicted molar refractivity (Wildman–Crippen MR) is 38.7 cm³/mol. The SMILES string of the molecule is Cl.NCc1cn[nH]c1C(F)F. The van der Waals surface area contributed by atoms with Gasteiger partial charge in [0, 0.05) is 12.1 Å². The van der Waals surface area contributed by atoms with Crippen molar-refractivity contribution in [2.24, 2.45) is 5.73 Å². The molecule has 1 heterocycles. The molecule has 0 amide bonds. The maximum atomic E-state index is 11.9. The summed E-state index contributed by atoms with van der Waals surface area (Å²) in [6.07, 6.45) is -1.21. The minimum absolute atomic E-state index is 0. The lowest BCUT2D eigenvalue weighted by molar-refractivity contribution is 0.145. The third kappa shape index (κ3) is 2.13. The number of hydrogen-bond donors (Lipinski definition) is 2. The van der Waals surface area contributed by atoms with E-state index in [0.29, 0.717) is 5.56 Å². The molecule has 0 aliphatic rings. The van der Waals surface area contributed by atoms with E-state index in [1.165, 1.54) is 6.20 Å². The van der Waals surface area contributed by atoms with Crippen LogP contribution in [0.3, 0.4) is 0 Å². The highest BCUT2D eigenvalue weighted by Crippen LogP contribution is 2.18. The van der Waals surface area contributed by atoms with Gasteiger partial charge in [-0.1, -0.05) is 0 Å². The lowest BCUT2D eigenvalue weighted by Crippen LogP contribution is -1.99. The van der Waals surface area contributed by atoms with Crippen molar-refractivity contribution < 1.29 is 8.78 Å². The fourth-order valence-electron chi connectivity index (χ4n) is 0.673. The normalized spacial score (nSPS) is 9.82. The van der Waals surface area contributed by atoms with Crippen LogP contribution < -0.4 is 5.73 Å². The number of hydrogen-bond acceptors (Lipinski definition) is 2. The molecule has 0 aliphatic carbocycles. The first kappa shape index (κ1) is 10.3. The Labute approximate surface area is 68.4 Å². The quantitative estimate of drug-likeness (QED) is 0.725. The van der Waals surface area contributed by atoms with Crippen LogP contribution in [-0.4, -0.2) is 10.2 Å². The van der Waals surface area contributed by atoms with E-state index in [1.807, 2.05) is 0 Å². The van der Waals surface area contributed by atoms with Crippen LogP contribution >= 0.6 is 12.4 Å². The van der Waals surface area contributed by atoms with Crippen LogP contribution in [0.1, 0.15) is 17.7 Å². The van der Waals surface area contributed by atoms with E-state index in [2.05, 4.69) is 10.2 Å². The molecule has 64 valence electrons. The number of nitrogens with one attached hydrogen (secondary N) is 1. The number of nitrogens with two attached hydrogens (primary N) is 1. The van der Waals surface area contributed by atoms with Gasteiger partial charge in [0.25, 0.3) is 6.43 Å². The number of alkyl halides is 2. The Bertz CT molecular complexity index is 213. The van der Waals surface area contributed by atoms with Crippen LogP contribution in [0.4, 0.5) is 8.78 Å². The Kier molecular flexibility index (Phi) is 3.99. The van der Waals surface area contributed by atoms with E-state index in [9.17, 15) is 8.78 Å². The molecular formula is C5H8ClF2N3. The number of H-pyrrole nitrogens is 1. The van der Waals surface area contributed by atoms with Gasteiger partial charge in [-0.25, -0.2) is 8.78 Å². The highest BCUT2D eigenvalue weighted by Gasteiger charge is 2.12. The molecule has 0 saturated carbocycles. The molecule has 0 bridgehead atoms. The van der Waals surface area contributed by atoms with E-state index in [-0.39, 0.29) is 24.6 Å². The maximum absolute atomic E-state index is 11.9. The summed E-state index contributed by atoms with van der Waals surface area (Å²) in [6, 6.07) is 0. The van der Waals surface area contributed by atoms with Crippen molar-refractivity contribution in [2.75, 3.05) is 0 Å². The number of halogens is 3. The Balaban J connectivity index is 0.000001000. The standard InChI is InChI=1S/C5H7F2N3.ClH/c6-5(7)4-3(1-8)2-9-10-4;/h2,5H,1,8H2,(H,9,10);1H. The van der Waals surface area contributed by atoms with Crippen molar-refractivity contribution in [1.29, 1.82) is 0 Å². The molecule has 1 aromatic heterocycles. The molecule has 1 rings (SSSR count). The molecule has 0 saturated heterocycles.